The standard InChI is InChI=1S/C21H21ClN2O3/c1-14-11-16(15(2)24(14)19-5-6-19)12-17(13-23)21(25)27-10-9-26-20-7-3-18(22)4-8-20/h3-4,7-8,11-12,19H,5-6,9-10H2,1-2H3/b17-12+. The van der Waals surface area contributed by atoms with E-state index in [9.17, 15) is 10.1 Å². The average molecular weight is 385 g/mol. The number of halogens is 1. The molecule has 1 fully saturated rings. The van der Waals surface area contributed by atoms with Crippen molar-refractivity contribution in [3.05, 3.63) is 57.9 Å². The Hall–Kier alpha value is -2.71. The van der Waals surface area contributed by atoms with Gasteiger partial charge in [-0.1, -0.05) is 11.6 Å². The molecule has 2 aromatic rings. The number of esters is 1. The normalized spacial score (nSPS) is 13.9. The summed E-state index contributed by atoms with van der Waals surface area (Å²) in [6.45, 7) is 4.31. The number of aromatic nitrogens is 1. The fourth-order valence-electron chi connectivity index (χ4n) is 3.04. The summed E-state index contributed by atoms with van der Waals surface area (Å²) < 4.78 is 12.9. The molecular weight excluding hydrogens is 364 g/mol. The molecule has 1 aliphatic carbocycles. The molecular formula is C21H21ClN2O3. The molecule has 6 heteroatoms. The van der Waals surface area contributed by atoms with Crippen LogP contribution in [0.15, 0.2) is 35.9 Å². The first-order valence-electron chi connectivity index (χ1n) is 8.85. The van der Waals surface area contributed by atoms with Crippen molar-refractivity contribution >= 4 is 23.6 Å². The predicted molar refractivity (Wildman–Crippen MR) is 104 cm³/mol. The summed E-state index contributed by atoms with van der Waals surface area (Å²) in [4.78, 5) is 12.2. The molecule has 0 N–H and O–H groups in total. The van der Waals surface area contributed by atoms with Crippen molar-refractivity contribution in [1.82, 2.24) is 4.57 Å². The lowest BCUT2D eigenvalue weighted by atomic mass is 10.1. The molecule has 0 saturated heterocycles. The molecule has 140 valence electrons. The Morgan fingerprint density at radius 2 is 2.00 bits per heavy atom. The summed E-state index contributed by atoms with van der Waals surface area (Å²) in [6.07, 6.45) is 3.96. The highest BCUT2D eigenvalue weighted by Crippen LogP contribution is 2.38. The molecule has 0 aliphatic heterocycles. The van der Waals surface area contributed by atoms with Crippen LogP contribution in [-0.2, 0) is 9.53 Å². The van der Waals surface area contributed by atoms with E-state index in [1.807, 2.05) is 26.0 Å². The van der Waals surface area contributed by atoms with Crippen molar-refractivity contribution in [3.63, 3.8) is 0 Å². The average Bonchev–Trinajstić information content (AvgIpc) is 3.44. The van der Waals surface area contributed by atoms with Crippen LogP contribution in [0.1, 0.15) is 35.8 Å². The van der Waals surface area contributed by atoms with Crippen molar-refractivity contribution in [1.29, 1.82) is 5.26 Å². The maximum absolute atomic E-state index is 12.2. The van der Waals surface area contributed by atoms with E-state index in [4.69, 9.17) is 21.1 Å². The van der Waals surface area contributed by atoms with Crippen LogP contribution in [-0.4, -0.2) is 23.8 Å². The van der Waals surface area contributed by atoms with Gasteiger partial charge in [0.25, 0.3) is 0 Å². The molecule has 1 aromatic carbocycles. The first-order valence-corrected chi connectivity index (χ1v) is 9.23. The second-order valence-electron chi connectivity index (χ2n) is 6.54. The van der Waals surface area contributed by atoms with E-state index in [2.05, 4.69) is 4.57 Å². The molecule has 27 heavy (non-hydrogen) atoms. The van der Waals surface area contributed by atoms with Gasteiger partial charge in [0.2, 0.25) is 0 Å². The smallest absolute Gasteiger partial charge is 0.349 e. The number of rotatable bonds is 7. The fourth-order valence-corrected chi connectivity index (χ4v) is 3.16. The minimum absolute atomic E-state index is 0.0162. The Morgan fingerprint density at radius 3 is 2.63 bits per heavy atom. The monoisotopic (exact) mass is 384 g/mol. The van der Waals surface area contributed by atoms with Crippen LogP contribution in [0.25, 0.3) is 6.08 Å². The van der Waals surface area contributed by atoms with Crippen LogP contribution in [0.4, 0.5) is 0 Å². The van der Waals surface area contributed by atoms with E-state index < -0.39 is 5.97 Å². The Balaban J connectivity index is 1.57. The van der Waals surface area contributed by atoms with Gasteiger partial charge in [0, 0.05) is 22.5 Å². The zero-order chi connectivity index (χ0) is 19.4. The predicted octanol–water partition coefficient (Wildman–Crippen LogP) is 4.62. The van der Waals surface area contributed by atoms with Gasteiger partial charge in [-0.05, 0) is 68.7 Å². The van der Waals surface area contributed by atoms with Crippen molar-refractivity contribution in [2.24, 2.45) is 0 Å². The number of aryl methyl sites for hydroxylation is 1. The molecule has 1 heterocycles. The third-order valence-electron chi connectivity index (χ3n) is 4.47. The number of hydrogen-bond donors (Lipinski definition) is 0. The lowest BCUT2D eigenvalue weighted by molar-refractivity contribution is -0.139. The molecule has 0 radical (unpaired) electrons. The largest absolute Gasteiger partial charge is 0.490 e. The summed E-state index contributed by atoms with van der Waals surface area (Å²) in [6, 6.07) is 11.4. The quantitative estimate of drug-likeness (QED) is 0.302. The lowest BCUT2D eigenvalue weighted by Crippen LogP contribution is -2.13. The molecule has 3 rings (SSSR count). The summed E-state index contributed by atoms with van der Waals surface area (Å²) in [5.41, 5.74) is 3.08. The molecule has 1 aromatic heterocycles. The summed E-state index contributed by atoms with van der Waals surface area (Å²) in [5.74, 6) is -0.00700. The van der Waals surface area contributed by atoms with E-state index >= 15 is 0 Å². The van der Waals surface area contributed by atoms with E-state index in [-0.39, 0.29) is 18.8 Å². The highest BCUT2D eigenvalue weighted by Gasteiger charge is 2.26. The highest BCUT2D eigenvalue weighted by molar-refractivity contribution is 6.30. The van der Waals surface area contributed by atoms with E-state index in [1.165, 1.54) is 12.8 Å². The lowest BCUT2D eigenvalue weighted by Gasteiger charge is -2.08. The maximum Gasteiger partial charge on any atom is 0.349 e. The van der Waals surface area contributed by atoms with Crippen molar-refractivity contribution in [2.75, 3.05) is 13.2 Å². The third-order valence-corrected chi connectivity index (χ3v) is 4.73. The number of hydrogen-bond acceptors (Lipinski definition) is 4. The van der Waals surface area contributed by atoms with Crippen LogP contribution in [0.5, 0.6) is 5.75 Å². The molecule has 0 spiro atoms. The minimum Gasteiger partial charge on any atom is -0.490 e. The number of carbonyl (C=O) groups excluding carboxylic acids is 1. The Labute approximate surface area is 163 Å². The Bertz CT molecular complexity index is 903. The number of ether oxygens (including phenoxy) is 2. The number of nitriles is 1. The summed E-state index contributed by atoms with van der Waals surface area (Å²) in [5, 5.41) is 9.96. The summed E-state index contributed by atoms with van der Waals surface area (Å²) in [7, 11) is 0. The topological polar surface area (TPSA) is 64.2 Å². The van der Waals surface area contributed by atoms with Gasteiger partial charge < -0.3 is 14.0 Å². The first-order chi connectivity index (χ1) is 13.0. The van der Waals surface area contributed by atoms with Gasteiger partial charge in [0.1, 0.15) is 30.6 Å². The zero-order valence-corrected chi connectivity index (χ0v) is 16.1. The van der Waals surface area contributed by atoms with Gasteiger partial charge in [-0.3, -0.25) is 0 Å². The Morgan fingerprint density at radius 1 is 1.30 bits per heavy atom. The van der Waals surface area contributed by atoms with Gasteiger partial charge in [0.05, 0.1) is 0 Å². The second kappa shape index (κ2) is 8.32. The van der Waals surface area contributed by atoms with Crippen molar-refractivity contribution in [3.8, 4) is 11.8 Å². The zero-order valence-electron chi connectivity index (χ0n) is 15.4. The second-order valence-corrected chi connectivity index (χ2v) is 6.97. The molecule has 0 amide bonds. The van der Waals surface area contributed by atoms with Crippen molar-refractivity contribution < 1.29 is 14.3 Å². The van der Waals surface area contributed by atoms with Crippen LogP contribution in [0.2, 0.25) is 5.02 Å². The third kappa shape index (κ3) is 4.72. The fraction of sp³-hybridized carbons (Fsp3) is 0.333. The van der Waals surface area contributed by atoms with E-state index in [0.29, 0.717) is 16.8 Å². The highest BCUT2D eigenvalue weighted by atomic mass is 35.5. The van der Waals surface area contributed by atoms with Crippen LogP contribution < -0.4 is 4.74 Å². The number of benzene rings is 1. The van der Waals surface area contributed by atoms with Gasteiger partial charge >= 0.3 is 5.97 Å². The number of carbonyl (C=O) groups is 1. The van der Waals surface area contributed by atoms with Gasteiger partial charge in [-0.25, -0.2) is 4.79 Å². The Kier molecular flexibility index (Phi) is 5.88. The molecule has 0 unspecified atom stereocenters. The van der Waals surface area contributed by atoms with E-state index in [1.54, 1.807) is 30.3 Å². The minimum atomic E-state index is -0.645. The summed E-state index contributed by atoms with van der Waals surface area (Å²) >= 11 is 5.81. The molecule has 5 nitrogen and oxygen atoms in total. The van der Waals surface area contributed by atoms with Crippen molar-refractivity contribution in [2.45, 2.75) is 32.7 Å². The molecule has 0 atom stereocenters. The number of nitrogens with zero attached hydrogens (tertiary/aromatic N) is 2. The van der Waals surface area contributed by atoms with Crippen LogP contribution in [0, 0.1) is 25.2 Å². The SMILES string of the molecule is Cc1cc(/C=C(\C#N)C(=O)OCCOc2ccc(Cl)cc2)c(C)n1C1CC1. The molecule has 1 aliphatic rings. The van der Waals surface area contributed by atoms with Gasteiger partial charge in [-0.2, -0.15) is 5.26 Å². The molecule has 1 saturated carbocycles. The molecule has 0 bridgehead atoms. The first kappa shape index (κ1) is 19.1. The van der Waals surface area contributed by atoms with Gasteiger partial charge in [-0.15, -0.1) is 0 Å². The van der Waals surface area contributed by atoms with Crippen LogP contribution >= 0.6 is 11.6 Å². The maximum atomic E-state index is 12.2. The van der Waals surface area contributed by atoms with E-state index in [0.717, 1.165) is 17.0 Å². The van der Waals surface area contributed by atoms with Crippen LogP contribution in [0.3, 0.4) is 0 Å². The van der Waals surface area contributed by atoms with Gasteiger partial charge in [0.15, 0.2) is 0 Å².